The first-order valence-corrected chi connectivity index (χ1v) is 6.12. The molecule has 0 spiro atoms. The number of carboxylic acids is 1. The van der Waals surface area contributed by atoms with E-state index in [1.807, 2.05) is 36.4 Å². The van der Waals surface area contributed by atoms with Crippen LogP contribution in [0, 0.1) is 0 Å². The molecule has 0 aliphatic carbocycles. The summed E-state index contributed by atoms with van der Waals surface area (Å²) in [5.41, 5.74) is 2.62. The fourth-order valence-electron chi connectivity index (χ4n) is 1.88. The Kier molecular flexibility index (Phi) is 4.07. The minimum Gasteiger partial charge on any atom is -0.496 e. The largest absolute Gasteiger partial charge is 0.496 e. The molecule has 1 N–H and O–H groups in total. The third-order valence-electron chi connectivity index (χ3n) is 2.81. The van der Waals surface area contributed by atoms with Gasteiger partial charge in [0.25, 0.3) is 0 Å². The van der Waals surface area contributed by atoms with Crippen molar-refractivity contribution >= 4 is 17.6 Å². The van der Waals surface area contributed by atoms with Crippen molar-refractivity contribution in [1.29, 1.82) is 0 Å². The van der Waals surface area contributed by atoms with E-state index in [-0.39, 0.29) is 6.42 Å². The van der Waals surface area contributed by atoms with E-state index < -0.39 is 5.97 Å². The maximum absolute atomic E-state index is 10.8. The van der Waals surface area contributed by atoms with Crippen LogP contribution in [-0.2, 0) is 11.2 Å². The predicted octanol–water partition coefficient (Wildman–Crippen LogP) is 3.64. The molecule has 4 heteroatoms. The second-order valence-corrected chi connectivity index (χ2v) is 4.54. The number of rotatable bonds is 4. The van der Waals surface area contributed by atoms with Gasteiger partial charge in [-0.2, -0.15) is 0 Å². The third kappa shape index (κ3) is 3.26. The molecule has 0 aliphatic rings. The zero-order valence-corrected chi connectivity index (χ0v) is 11.1. The number of benzene rings is 2. The van der Waals surface area contributed by atoms with Crippen LogP contribution in [0.15, 0.2) is 42.5 Å². The molecule has 0 bridgehead atoms. The predicted molar refractivity (Wildman–Crippen MR) is 74.8 cm³/mol. The zero-order chi connectivity index (χ0) is 13.8. The number of aliphatic carboxylic acids is 1. The number of carbonyl (C=O) groups is 1. The fourth-order valence-corrected chi connectivity index (χ4v) is 2.00. The molecule has 2 aromatic rings. The molecular formula is C15H13ClO3. The Morgan fingerprint density at radius 3 is 2.37 bits per heavy atom. The average molecular weight is 277 g/mol. The molecular weight excluding hydrogens is 264 g/mol. The first-order chi connectivity index (χ1) is 9.10. The average Bonchev–Trinajstić information content (AvgIpc) is 2.39. The molecule has 0 amide bonds. The fraction of sp³-hybridized carbons (Fsp3) is 0.133. The molecule has 19 heavy (non-hydrogen) atoms. The highest BCUT2D eigenvalue weighted by molar-refractivity contribution is 6.30. The highest BCUT2D eigenvalue weighted by Crippen LogP contribution is 2.28. The van der Waals surface area contributed by atoms with E-state index in [0.717, 1.165) is 11.1 Å². The van der Waals surface area contributed by atoms with E-state index in [9.17, 15) is 4.79 Å². The van der Waals surface area contributed by atoms with Crippen LogP contribution in [0.2, 0.25) is 5.02 Å². The Labute approximate surface area is 116 Å². The molecule has 0 radical (unpaired) electrons. The van der Waals surface area contributed by atoms with Gasteiger partial charge in [0.15, 0.2) is 0 Å². The van der Waals surface area contributed by atoms with Gasteiger partial charge in [0, 0.05) is 10.6 Å². The van der Waals surface area contributed by atoms with Crippen molar-refractivity contribution in [2.45, 2.75) is 6.42 Å². The zero-order valence-electron chi connectivity index (χ0n) is 10.4. The van der Waals surface area contributed by atoms with Crippen molar-refractivity contribution in [2.75, 3.05) is 7.11 Å². The van der Waals surface area contributed by atoms with Crippen LogP contribution in [0.3, 0.4) is 0 Å². The van der Waals surface area contributed by atoms with Gasteiger partial charge in [0.2, 0.25) is 0 Å². The molecule has 3 nitrogen and oxygen atoms in total. The topological polar surface area (TPSA) is 46.5 Å². The standard InChI is InChI=1S/C15H13ClO3/c1-19-14-8-11(2-3-12(14)9-15(17)18)10-4-6-13(16)7-5-10/h2-8H,9H2,1H3,(H,17,18). The Balaban J connectivity index is 2.38. The van der Waals surface area contributed by atoms with Crippen molar-refractivity contribution in [2.24, 2.45) is 0 Å². The van der Waals surface area contributed by atoms with Crippen LogP contribution in [0.25, 0.3) is 11.1 Å². The normalized spacial score (nSPS) is 10.2. The van der Waals surface area contributed by atoms with E-state index in [1.54, 1.807) is 6.07 Å². The Morgan fingerprint density at radius 1 is 1.16 bits per heavy atom. The van der Waals surface area contributed by atoms with E-state index >= 15 is 0 Å². The summed E-state index contributed by atoms with van der Waals surface area (Å²) in [6, 6.07) is 12.9. The molecule has 0 fully saturated rings. The van der Waals surface area contributed by atoms with Crippen LogP contribution in [0.1, 0.15) is 5.56 Å². The van der Waals surface area contributed by atoms with Crippen molar-refractivity contribution < 1.29 is 14.6 Å². The van der Waals surface area contributed by atoms with E-state index in [1.165, 1.54) is 7.11 Å². The Morgan fingerprint density at radius 2 is 1.79 bits per heavy atom. The highest BCUT2D eigenvalue weighted by atomic mass is 35.5. The first kappa shape index (κ1) is 13.4. The number of hydrogen-bond acceptors (Lipinski definition) is 2. The van der Waals surface area contributed by atoms with Crippen molar-refractivity contribution in [3.8, 4) is 16.9 Å². The van der Waals surface area contributed by atoms with Gasteiger partial charge in [-0.1, -0.05) is 35.9 Å². The number of ether oxygens (including phenoxy) is 1. The first-order valence-electron chi connectivity index (χ1n) is 5.75. The summed E-state index contributed by atoms with van der Waals surface area (Å²) in [7, 11) is 1.53. The molecule has 0 aromatic heterocycles. The van der Waals surface area contributed by atoms with Crippen LogP contribution in [-0.4, -0.2) is 18.2 Å². The van der Waals surface area contributed by atoms with E-state index in [2.05, 4.69) is 0 Å². The number of halogens is 1. The second kappa shape index (κ2) is 5.76. The SMILES string of the molecule is COc1cc(-c2ccc(Cl)cc2)ccc1CC(=O)O. The van der Waals surface area contributed by atoms with Crippen molar-refractivity contribution in [3.05, 3.63) is 53.1 Å². The van der Waals surface area contributed by atoms with Gasteiger partial charge in [-0.25, -0.2) is 0 Å². The molecule has 0 heterocycles. The third-order valence-corrected chi connectivity index (χ3v) is 3.06. The minimum absolute atomic E-state index is 0.0515. The van der Waals surface area contributed by atoms with Gasteiger partial charge >= 0.3 is 5.97 Å². The molecule has 98 valence electrons. The lowest BCUT2D eigenvalue weighted by atomic mass is 10.0. The lowest BCUT2D eigenvalue weighted by Crippen LogP contribution is -2.02. The minimum atomic E-state index is -0.877. The van der Waals surface area contributed by atoms with E-state index in [4.69, 9.17) is 21.4 Å². The number of methoxy groups -OCH3 is 1. The van der Waals surface area contributed by atoms with Gasteiger partial charge in [0.1, 0.15) is 5.75 Å². The summed E-state index contributed by atoms with van der Waals surface area (Å²) < 4.78 is 5.24. The van der Waals surface area contributed by atoms with Crippen LogP contribution < -0.4 is 4.74 Å². The van der Waals surface area contributed by atoms with Gasteiger partial charge in [-0.15, -0.1) is 0 Å². The van der Waals surface area contributed by atoms with Crippen LogP contribution >= 0.6 is 11.6 Å². The van der Waals surface area contributed by atoms with Gasteiger partial charge in [-0.3, -0.25) is 4.79 Å². The Bertz CT molecular complexity index is 591. The molecule has 0 saturated carbocycles. The molecule has 2 aromatic carbocycles. The summed E-state index contributed by atoms with van der Waals surface area (Å²) in [6.45, 7) is 0. The molecule has 0 saturated heterocycles. The summed E-state index contributed by atoms with van der Waals surface area (Å²) in [5, 5.41) is 9.51. The monoisotopic (exact) mass is 276 g/mol. The summed E-state index contributed by atoms with van der Waals surface area (Å²) >= 11 is 5.85. The summed E-state index contributed by atoms with van der Waals surface area (Å²) in [6.07, 6.45) is -0.0515. The molecule has 2 rings (SSSR count). The summed E-state index contributed by atoms with van der Waals surface area (Å²) in [4.78, 5) is 10.8. The quantitative estimate of drug-likeness (QED) is 0.927. The number of hydrogen-bond donors (Lipinski definition) is 1. The molecule has 0 aliphatic heterocycles. The second-order valence-electron chi connectivity index (χ2n) is 4.10. The van der Waals surface area contributed by atoms with Crippen LogP contribution in [0.4, 0.5) is 0 Å². The number of carboxylic acid groups (broad SMARTS) is 1. The van der Waals surface area contributed by atoms with Gasteiger partial charge in [-0.05, 0) is 29.3 Å². The van der Waals surface area contributed by atoms with E-state index in [0.29, 0.717) is 16.3 Å². The van der Waals surface area contributed by atoms with Gasteiger partial charge in [0.05, 0.1) is 13.5 Å². The maximum Gasteiger partial charge on any atom is 0.307 e. The lowest BCUT2D eigenvalue weighted by Gasteiger charge is -2.09. The van der Waals surface area contributed by atoms with Crippen LogP contribution in [0.5, 0.6) is 5.75 Å². The Hall–Kier alpha value is -2.00. The smallest absolute Gasteiger partial charge is 0.307 e. The van der Waals surface area contributed by atoms with Gasteiger partial charge < -0.3 is 9.84 Å². The molecule has 0 unspecified atom stereocenters. The van der Waals surface area contributed by atoms with Crippen molar-refractivity contribution in [1.82, 2.24) is 0 Å². The summed E-state index contributed by atoms with van der Waals surface area (Å²) in [5.74, 6) is -0.299. The highest BCUT2D eigenvalue weighted by Gasteiger charge is 2.09. The lowest BCUT2D eigenvalue weighted by molar-refractivity contribution is -0.136. The molecule has 0 atom stereocenters. The maximum atomic E-state index is 10.8. The van der Waals surface area contributed by atoms with Crippen molar-refractivity contribution in [3.63, 3.8) is 0 Å².